The Morgan fingerprint density at radius 3 is 2.81 bits per heavy atom. The van der Waals surface area contributed by atoms with Crippen molar-refractivity contribution in [1.29, 1.82) is 0 Å². The molecule has 3 aromatic heterocycles. The van der Waals surface area contributed by atoms with Crippen molar-refractivity contribution in [3.05, 3.63) is 54.9 Å². The molecule has 4 heterocycles. The summed E-state index contributed by atoms with van der Waals surface area (Å²) >= 11 is 0. The maximum Gasteiger partial charge on any atom is 0.200 e. The molecule has 1 aliphatic rings. The number of hydrogen-bond acceptors (Lipinski definition) is 6. The van der Waals surface area contributed by atoms with Crippen molar-refractivity contribution in [3.8, 4) is 17.0 Å². The molecule has 8 heteroatoms. The van der Waals surface area contributed by atoms with E-state index in [1.807, 2.05) is 36.8 Å². The Labute approximate surface area is 149 Å². The van der Waals surface area contributed by atoms with E-state index >= 15 is 0 Å². The molecule has 1 aromatic carbocycles. The van der Waals surface area contributed by atoms with Crippen LogP contribution in [0.3, 0.4) is 0 Å². The molecule has 26 heavy (non-hydrogen) atoms. The minimum Gasteiger partial charge on any atom is -0.497 e. The quantitative estimate of drug-likeness (QED) is 0.564. The first-order valence-corrected chi connectivity index (χ1v) is 8.41. The van der Waals surface area contributed by atoms with Gasteiger partial charge in [0, 0.05) is 24.8 Å². The molecule has 0 radical (unpaired) electrons. The topological polar surface area (TPSA) is 73.4 Å². The first kappa shape index (κ1) is 14.9. The fraction of sp³-hybridized carbons (Fsp3) is 0.222. The van der Waals surface area contributed by atoms with Crippen molar-refractivity contribution in [2.45, 2.75) is 13.1 Å². The lowest BCUT2D eigenvalue weighted by atomic mass is 10.1. The van der Waals surface area contributed by atoms with E-state index in [9.17, 15) is 0 Å². The predicted molar refractivity (Wildman–Crippen MR) is 96.0 cm³/mol. The molecule has 0 saturated carbocycles. The summed E-state index contributed by atoms with van der Waals surface area (Å²) in [5.41, 5.74) is 4.86. The minimum atomic E-state index is 0.759. The predicted octanol–water partition coefficient (Wildman–Crippen LogP) is 2.02. The number of ether oxygens (including phenoxy) is 1. The zero-order chi connectivity index (χ0) is 17.5. The smallest absolute Gasteiger partial charge is 0.200 e. The average Bonchev–Trinajstić information content (AvgIpc) is 3.35. The van der Waals surface area contributed by atoms with Crippen LogP contribution in [0.25, 0.3) is 16.9 Å². The zero-order valence-electron chi connectivity index (χ0n) is 14.3. The van der Waals surface area contributed by atoms with Crippen molar-refractivity contribution < 1.29 is 4.74 Å². The molecule has 0 bridgehead atoms. The van der Waals surface area contributed by atoms with Gasteiger partial charge in [-0.2, -0.15) is 9.61 Å². The number of nitrogens with zero attached hydrogens (tertiary/aromatic N) is 7. The van der Waals surface area contributed by atoms with E-state index < -0.39 is 0 Å². The number of hydrogen-bond donors (Lipinski definition) is 0. The van der Waals surface area contributed by atoms with Crippen molar-refractivity contribution in [2.24, 2.45) is 0 Å². The molecule has 5 rings (SSSR count). The van der Waals surface area contributed by atoms with Gasteiger partial charge in [0.15, 0.2) is 0 Å². The Kier molecular flexibility index (Phi) is 3.34. The molecule has 0 N–H and O–H groups in total. The summed E-state index contributed by atoms with van der Waals surface area (Å²) in [7, 11) is 1.66. The number of methoxy groups -OCH3 is 1. The molecule has 1 aliphatic heterocycles. The molecule has 130 valence electrons. The summed E-state index contributed by atoms with van der Waals surface area (Å²) in [4.78, 5) is 6.55. The van der Waals surface area contributed by atoms with Gasteiger partial charge in [0.1, 0.15) is 12.1 Å². The Bertz CT molecular complexity index is 1070. The number of aromatic nitrogens is 6. The van der Waals surface area contributed by atoms with E-state index in [2.05, 4.69) is 35.8 Å². The lowest BCUT2D eigenvalue weighted by molar-refractivity contribution is 0.415. The summed E-state index contributed by atoms with van der Waals surface area (Å²) in [5.74, 6) is 0.823. The van der Waals surface area contributed by atoms with Crippen molar-refractivity contribution >= 4 is 11.3 Å². The summed E-state index contributed by atoms with van der Waals surface area (Å²) in [6, 6.07) is 9.97. The molecule has 0 fully saturated rings. The first-order valence-electron chi connectivity index (χ1n) is 8.41. The molecule has 0 aliphatic carbocycles. The molecule has 0 spiro atoms. The monoisotopic (exact) mass is 347 g/mol. The Morgan fingerprint density at radius 1 is 1.08 bits per heavy atom. The standard InChI is InChI=1S/C18H17N7O/c1-26-15-4-2-13(3-5-15)16-8-17(18-21-20-12-25(18)22-16)23-6-7-24-11-19-9-14(24)10-23/h2-5,8-9,11-12H,6-7,10H2,1H3. The van der Waals surface area contributed by atoms with Crippen LogP contribution >= 0.6 is 0 Å². The fourth-order valence-corrected chi connectivity index (χ4v) is 3.34. The zero-order valence-corrected chi connectivity index (χ0v) is 14.3. The van der Waals surface area contributed by atoms with Gasteiger partial charge >= 0.3 is 0 Å². The maximum atomic E-state index is 5.25. The highest BCUT2D eigenvalue weighted by molar-refractivity contribution is 5.74. The van der Waals surface area contributed by atoms with Gasteiger partial charge in [-0.05, 0) is 30.3 Å². The van der Waals surface area contributed by atoms with Crippen molar-refractivity contribution in [2.75, 3.05) is 18.6 Å². The summed E-state index contributed by atoms with van der Waals surface area (Å²) in [6.45, 7) is 2.57. The third-order valence-corrected chi connectivity index (χ3v) is 4.74. The van der Waals surface area contributed by atoms with E-state index in [0.717, 1.165) is 48.0 Å². The molecular formula is C18H17N7O. The van der Waals surface area contributed by atoms with Crippen molar-refractivity contribution in [1.82, 2.24) is 29.4 Å². The van der Waals surface area contributed by atoms with Gasteiger partial charge < -0.3 is 14.2 Å². The maximum absolute atomic E-state index is 5.25. The second kappa shape index (κ2) is 5.83. The second-order valence-electron chi connectivity index (χ2n) is 6.24. The van der Waals surface area contributed by atoms with Crippen LogP contribution in [0.15, 0.2) is 49.2 Å². The highest BCUT2D eigenvalue weighted by atomic mass is 16.5. The molecule has 0 unspecified atom stereocenters. The van der Waals surface area contributed by atoms with Crippen LogP contribution < -0.4 is 9.64 Å². The lowest BCUT2D eigenvalue weighted by Crippen LogP contribution is -2.33. The number of imidazole rings is 1. The third kappa shape index (κ3) is 2.38. The van der Waals surface area contributed by atoms with Gasteiger partial charge in [0.25, 0.3) is 0 Å². The normalized spacial score (nSPS) is 13.8. The highest BCUT2D eigenvalue weighted by Crippen LogP contribution is 2.29. The summed E-state index contributed by atoms with van der Waals surface area (Å²) in [6.07, 6.45) is 5.44. The molecule has 0 amide bonds. The minimum absolute atomic E-state index is 0.759. The van der Waals surface area contributed by atoms with Crippen LogP contribution in [-0.2, 0) is 13.1 Å². The SMILES string of the molecule is COc1ccc(-c2cc(N3CCn4cncc4C3)c3nncn3n2)cc1. The van der Waals surface area contributed by atoms with Crippen LogP contribution in [0.2, 0.25) is 0 Å². The number of rotatable bonds is 3. The van der Waals surface area contributed by atoms with Crippen LogP contribution in [0.4, 0.5) is 5.69 Å². The van der Waals surface area contributed by atoms with Gasteiger partial charge in [-0.15, -0.1) is 10.2 Å². The van der Waals surface area contributed by atoms with Gasteiger partial charge in [-0.1, -0.05) is 0 Å². The molecule has 0 atom stereocenters. The summed E-state index contributed by atoms with van der Waals surface area (Å²) in [5, 5.41) is 13.0. The highest BCUT2D eigenvalue weighted by Gasteiger charge is 2.21. The van der Waals surface area contributed by atoms with Gasteiger partial charge in [0.05, 0.1) is 37.1 Å². The summed E-state index contributed by atoms with van der Waals surface area (Å²) < 4.78 is 9.17. The first-order chi connectivity index (χ1) is 12.8. The number of benzene rings is 1. The van der Waals surface area contributed by atoms with Crippen LogP contribution in [0.1, 0.15) is 5.69 Å². The molecule has 0 saturated heterocycles. The number of anilines is 1. The van der Waals surface area contributed by atoms with Crippen LogP contribution in [0.5, 0.6) is 5.75 Å². The largest absolute Gasteiger partial charge is 0.497 e. The third-order valence-electron chi connectivity index (χ3n) is 4.74. The van der Waals surface area contributed by atoms with Crippen LogP contribution in [-0.4, -0.2) is 43.0 Å². The van der Waals surface area contributed by atoms with E-state index in [4.69, 9.17) is 4.74 Å². The van der Waals surface area contributed by atoms with Crippen LogP contribution in [0, 0.1) is 0 Å². The lowest BCUT2D eigenvalue weighted by Gasteiger charge is -2.30. The molecule has 4 aromatic rings. The Hall–Kier alpha value is -3.42. The Balaban J connectivity index is 1.59. The van der Waals surface area contributed by atoms with Crippen molar-refractivity contribution in [3.63, 3.8) is 0 Å². The number of fused-ring (bicyclic) bond motifs is 2. The Morgan fingerprint density at radius 2 is 1.96 bits per heavy atom. The molecular weight excluding hydrogens is 330 g/mol. The molecule has 8 nitrogen and oxygen atoms in total. The van der Waals surface area contributed by atoms with E-state index in [1.54, 1.807) is 18.0 Å². The van der Waals surface area contributed by atoms with Gasteiger partial charge in [0.2, 0.25) is 5.65 Å². The van der Waals surface area contributed by atoms with E-state index in [-0.39, 0.29) is 0 Å². The van der Waals surface area contributed by atoms with Gasteiger partial charge in [-0.3, -0.25) is 0 Å². The van der Waals surface area contributed by atoms with E-state index in [1.165, 1.54) is 5.69 Å². The van der Waals surface area contributed by atoms with Gasteiger partial charge in [-0.25, -0.2) is 4.98 Å². The second-order valence-corrected chi connectivity index (χ2v) is 6.24. The van der Waals surface area contributed by atoms with E-state index in [0.29, 0.717) is 0 Å². The fourth-order valence-electron chi connectivity index (χ4n) is 3.34. The average molecular weight is 347 g/mol.